The number of anilines is 3. The Bertz CT molecular complexity index is 3060. The fourth-order valence-electron chi connectivity index (χ4n) is 9.53. The number of halogens is 6. The second kappa shape index (κ2) is 22.4. The molecule has 0 atom stereocenters. The van der Waals surface area contributed by atoms with Crippen LogP contribution in [0.5, 0.6) is 23.0 Å². The Morgan fingerprint density at radius 2 is 1.16 bits per heavy atom. The lowest BCUT2D eigenvalue weighted by Crippen LogP contribution is -2.48. The molecule has 0 radical (unpaired) electrons. The Kier molecular flexibility index (Phi) is 16.1. The highest BCUT2D eigenvalue weighted by Crippen LogP contribution is 2.46. The van der Waals surface area contributed by atoms with E-state index in [0.717, 1.165) is 47.3 Å². The lowest BCUT2D eigenvalue weighted by Gasteiger charge is -2.30. The normalized spacial score (nSPS) is 17.6. The molecule has 5 heterocycles. The van der Waals surface area contributed by atoms with E-state index in [1.54, 1.807) is 46.2 Å². The number of carbonyl (C=O) groups excluding carboxylic acids is 2. The van der Waals surface area contributed by atoms with Crippen LogP contribution in [0.4, 0.5) is 34.9 Å². The van der Waals surface area contributed by atoms with E-state index in [4.69, 9.17) is 52.1 Å². The molecule has 23 heteroatoms. The first kappa shape index (κ1) is 54.6. The minimum absolute atomic E-state index is 0.00329. The van der Waals surface area contributed by atoms with E-state index in [1.165, 1.54) is 46.6 Å². The molecule has 0 spiro atoms. The van der Waals surface area contributed by atoms with Crippen molar-refractivity contribution in [3.63, 3.8) is 0 Å². The van der Waals surface area contributed by atoms with Crippen molar-refractivity contribution < 1.29 is 54.5 Å². The van der Waals surface area contributed by atoms with Gasteiger partial charge in [0, 0.05) is 112 Å². The number of rotatable bonds is 17. The third-order valence-corrected chi connectivity index (χ3v) is 16.4. The molecule has 5 aromatic rings. The molecule has 9 rings (SSSR count). The third-order valence-electron chi connectivity index (χ3n) is 14.1. The topological polar surface area (TPSA) is 169 Å². The fraction of sp³-hybridized carbons (Fsp3) is 0.453. The first-order valence-corrected chi connectivity index (χ1v) is 27.2. The van der Waals surface area contributed by atoms with E-state index in [2.05, 4.69) is 10.4 Å². The third kappa shape index (κ3) is 12.2. The summed E-state index contributed by atoms with van der Waals surface area (Å²) in [5.41, 5.74) is 4.03. The van der Waals surface area contributed by atoms with Gasteiger partial charge in [0.1, 0.15) is 34.6 Å². The van der Waals surface area contributed by atoms with Gasteiger partial charge >= 0.3 is 0 Å². The van der Waals surface area contributed by atoms with Crippen LogP contribution in [0.2, 0.25) is 10.0 Å². The van der Waals surface area contributed by atoms with Gasteiger partial charge in [-0.05, 0) is 68.9 Å². The Hall–Kier alpha value is -6.16. The summed E-state index contributed by atoms with van der Waals surface area (Å²) < 4.78 is 113. The molecule has 1 N–H and O–H groups in total. The van der Waals surface area contributed by atoms with E-state index in [-0.39, 0.29) is 115 Å². The molecule has 2 aromatic carbocycles. The van der Waals surface area contributed by atoms with E-state index in [0.29, 0.717) is 45.5 Å². The summed E-state index contributed by atoms with van der Waals surface area (Å²) in [5, 5.41) is 0.539. The minimum Gasteiger partial charge on any atom is -0.497 e. The van der Waals surface area contributed by atoms with Gasteiger partial charge in [-0.2, -0.15) is 4.31 Å². The first-order chi connectivity index (χ1) is 36.3. The molecule has 3 aromatic heterocycles. The van der Waals surface area contributed by atoms with Crippen molar-refractivity contribution in [3.05, 3.63) is 111 Å². The second-order valence-corrected chi connectivity index (χ2v) is 22.2. The fourth-order valence-corrected chi connectivity index (χ4v) is 11.5. The van der Waals surface area contributed by atoms with Gasteiger partial charge in [0.05, 0.1) is 66.7 Å². The van der Waals surface area contributed by atoms with Crippen molar-refractivity contribution in [1.82, 2.24) is 24.7 Å². The smallest absolute Gasteiger partial charge is 0.280 e. The summed E-state index contributed by atoms with van der Waals surface area (Å²) in [6.45, 7) is -0.609. The zero-order valence-corrected chi connectivity index (χ0v) is 44.7. The largest absolute Gasteiger partial charge is 0.497 e. The van der Waals surface area contributed by atoms with Gasteiger partial charge in [-0.25, -0.2) is 45.9 Å². The van der Waals surface area contributed by atoms with E-state index < -0.39 is 51.6 Å². The molecule has 2 saturated carbocycles. The molecule has 76 heavy (non-hydrogen) atoms. The zero-order chi connectivity index (χ0) is 54.1. The maximum absolute atomic E-state index is 15.7. The number of benzene rings is 2. The van der Waals surface area contributed by atoms with Crippen LogP contribution in [-0.4, -0.2) is 106 Å². The van der Waals surface area contributed by atoms with Crippen molar-refractivity contribution in [2.24, 2.45) is 0 Å². The van der Waals surface area contributed by atoms with Crippen molar-refractivity contribution in [2.75, 3.05) is 69.4 Å². The van der Waals surface area contributed by atoms with Crippen LogP contribution in [0.25, 0.3) is 0 Å². The quantitative estimate of drug-likeness (QED) is 0.0690. The molecule has 4 fully saturated rings. The Labute approximate surface area is 448 Å². The van der Waals surface area contributed by atoms with Gasteiger partial charge in [-0.1, -0.05) is 35.3 Å². The number of hydrazine groups is 1. The summed E-state index contributed by atoms with van der Waals surface area (Å²) in [5.74, 6) is -6.20. The van der Waals surface area contributed by atoms with Gasteiger partial charge in [0.2, 0.25) is 11.8 Å². The molecule has 16 nitrogen and oxygen atoms in total. The lowest BCUT2D eigenvalue weighted by atomic mass is 10.1. The summed E-state index contributed by atoms with van der Waals surface area (Å²) in [6.07, 6.45) is 2.68. The lowest BCUT2D eigenvalue weighted by molar-refractivity contribution is -0.0109. The van der Waals surface area contributed by atoms with Gasteiger partial charge in [0.15, 0.2) is 5.03 Å². The van der Waals surface area contributed by atoms with Gasteiger partial charge in [-0.15, -0.1) is 0 Å². The highest BCUT2D eigenvalue weighted by molar-refractivity contribution is 7.89. The number of hydrogen-bond acceptors (Lipinski definition) is 13. The predicted octanol–water partition coefficient (Wildman–Crippen LogP) is 10.6. The monoisotopic (exact) mass is 1110 g/mol. The van der Waals surface area contributed by atoms with Crippen molar-refractivity contribution >= 4 is 62.4 Å². The van der Waals surface area contributed by atoms with Crippen LogP contribution < -0.4 is 39.2 Å². The number of alkyl halides is 4. The molecule has 4 aliphatic rings. The van der Waals surface area contributed by atoms with Crippen LogP contribution in [0.1, 0.15) is 119 Å². The van der Waals surface area contributed by atoms with Crippen molar-refractivity contribution in [2.45, 2.75) is 106 Å². The van der Waals surface area contributed by atoms with Crippen LogP contribution >= 0.6 is 23.2 Å². The summed E-state index contributed by atoms with van der Waals surface area (Å²) in [7, 11) is 1.12. The number of amides is 2. The maximum Gasteiger partial charge on any atom is 0.280 e. The Balaban J connectivity index is 1.17. The number of nitrogens with zero attached hydrogens (tertiary/aromatic N) is 7. The highest BCUT2D eigenvalue weighted by Gasteiger charge is 2.39. The number of sulfonamides is 1. The number of aromatic nitrogens is 3. The van der Waals surface area contributed by atoms with Crippen LogP contribution in [-0.2, 0) is 23.1 Å². The summed E-state index contributed by atoms with van der Waals surface area (Å²) in [4.78, 5) is 48.0. The number of nitrogens with one attached hydrogen (secondary N) is 1. The number of carbonyl (C=O) groups is 2. The number of pyridine rings is 3. The zero-order valence-electron chi connectivity index (χ0n) is 42.4. The number of hydrogen-bond donors (Lipinski definition) is 1. The van der Waals surface area contributed by atoms with Gasteiger partial charge in [0.25, 0.3) is 21.8 Å². The van der Waals surface area contributed by atoms with Gasteiger partial charge in [-0.3, -0.25) is 15.0 Å². The molecule has 2 aliphatic heterocycles. The average molecular weight is 1110 g/mol. The highest BCUT2D eigenvalue weighted by atomic mass is 35.5. The molecule has 2 amide bonds. The molecular weight excluding hydrogens is 1060 g/mol. The molecule has 2 saturated heterocycles. The molecule has 406 valence electrons. The van der Waals surface area contributed by atoms with E-state index in [9.17, 15) is 17.6 Å². The number of ether oxygens (including phenoxy) is 4. The number of methoxy groups -OCH3 is 4. The minimum atomic E-state index is -4.72. The van der Waals surface area contributed by atoms with E-state index >= 15 is 18.0 Å². The van der Waals surface area contributed by atoms with Crippen LogP contribution in [0.15, 0.2) is 71.9 Å². The Morgan fingerprint density at radius 1 is 0.671 bits per heavy atom. The molecule has 0 unspecified atom stereocenters. The predicted molar refractivity (Wildman–Crippen MR) is 279 cm³/mol. The van der Waals surface area contributed by atoms with E-state index in [1.807, 2.05) is 0 Å². The van der Waals surface area contributed by atoms with Crippen molar-refractivity contribution in [1.29, 1.82) is 0 Å². The molecule has 2 aliphatic carbocycles. The van der Waals surface area contributed by atoms with Crippen LogP contribution in [0.3, 0.4) is 0 Å². The Morgan fingerprint density at radius 3 is 1.63 bits per heavy atom. The SMILES string of the molecule is COc1ccc(CN(Cc2ccc(OC)cc2OC)S(=O)(=O)c2cc(N(NC(=O)c3cc(Cl)c(C4CC4)nc3N3CCCC(F)(F)CC3)C(=O)c3cc(Cl)c(C4CC4)nc3N3CCCC(F)(F)CC3)ccn2)c(OC)c1. The standard InChI is InChI=1S/C53H58Cl2F4N8O8S/c1-72-37-13-11-34(43(26-37)74-3)30-66(31-35-12-14-38(73-2)27-44(35)75-4)76(70,71)45-25-36(15-20-60-45)67(51(69)40-29-42(55)47(33-9-10-33)62-49(40)65-22-6-17-53(58,59)19-24-65)63-50(68)39-28-41(54)46(32-7-8-32)61-48(39)64-21-5-16-52(56,57)18-23-64/h11-15,20,25-29,32-33H,5-10,16-19,21-24,30-31H2,1-4H3,(H,63,68). The summed E-state index contributed by atoms with van der Waals surface area (Å²) in [6, 6.07) is 15.0. The molecular formula is C53H58Cl2F4N8O8S. The van der Waals surface area contributed by atoms with Crippen molar-refractivity contribution in [3.8, 4) is 23.0 Å². The average Bonchev–Trinajstić information content (AvgIpc) is 4.36. The van der Waals surface area contributed by atoms with Gasteiger partial charge < -0.3 is 28.7 Å². The molecule has 0 bridgehead atoms. The summed E-state index contributed by atoms with van der Waals surface area (Å²) >= 11 is 13.8. The van der Waals surface area contributed by atoms with Crippen LogP contribution in [0, 0.1) is 0 Å². The first-order valence-electron chi connectivity index (χ1n) is 25.0. The second-order valence-electron chi connectivity index (χ2n) is 19.5. The maximum atomic E-state index is 15.7.